The van der Waals surface area contributed by atoms with Crippen LogP contribution in [0.2, 0.25) is 0 Å². The average molecular weight is 321 g/mol. The van der Waals surface area contributed by atoms with Crippen LogP contribution >= 0.6 is 0 Å². The Labute approximate surface area is 131 Å². The van der Waals surface area contributed by atoms with E-state index in [2.05, 4.69) is 4.98 Å². The molecular weight excluding hydrogens is 304 g/mol. The molecule has 0 bridgehead atoms. The zero-order valence-electron chi connectivity index (χ0n) is 12.7. The number of fused-ring (bicyclic) bond motifs is 1. The first-order valence-electron chi connectivity index (χ1n) is 7.53. The van der Waals surface area contributed by atoms with Crippen LogP contribution in [0.15, 0.2) is 29.3 Å². The number of nitrogens with zero attached hydrogens (tertiary/aromatic N) is 3. The summed E-state index contributed by atoms with van der Waals surface area (Å²) in [6.07, 6.45) is 1.05. The Balaban J connectivity index is 1.87. The number of carbonyl (C=O) groups excluding carboxylic acids is 1. The van der Waals surface area contributed by atoms with Gasteiger partial charge < -0.3 is 4.90 Å². The van der Waals surface area contributed by atoms with Crippen LogP contribution in [-0.2, 0) is 0 Å². The van der Waals surface area contributed by atoms with Gasteiger partial charge in [0.2, 0.25) is 6.43 Å². The fourth-order valence-corrected chi connectivity index (χ4v) is 2.85. The molecule has 1 saturated heterocycles. The second kappa shape index (κ2) is 6.06. The molecule has 3 heterocycles. The first-order valence-corrected chi connectivity index (χ1v) is 7.53. The maximum absolute atomic E-state index is 12.7. The maximum atomic E-state index is 12.7. The number of alkyl halides is 2. The summed E-state index contributed by atoms with van der Waals surface area (Å²) < 4.78 is 26.7. The van der Waals surface area contributed by atoms with E-state index < -0.39 is 23.8 Å². The predicted octanol–water partition coefficient (Wildman–Crippen LogP) is 2.12. The van der Waals surface area contributed by atoms with Crippen molar-refractivity contribution in [2.45, 2.75) is 26.2 Å². The number of halogens is 2. The molecule has 0 atom stereocenters. The van der Waals surface area contributed by atoms with E-state index in [1.165, 1.54) is 15.5 Å². The second-order valence-corrected chi connectivity index (χ2v) is 5.88. The fraction of sp³-hybridized carbons (Fsp3) is 0.438. The molecule has 0 saturated carbocycles. The van der Waals surface area contributed by atoms with E-state index in [0.29, 0.717) is 5.65 Å². The normalized spacial score (nSPS) is 16.3. The van der Waals surface area contributed by atoms with E-state index in [0.717, 1.165) is 5.56 Å². The quantitative estimate of drug-likeness (QED) is 0.851. The van der Waals surface area contributed by atoms with Gasteiger partial charge in [0.1, 0.15) is 11.2 Å². The minimum atomic E-state index is -2.36. The number of piperidine rings is 1. The highest BCUT2D eigenvalue weighted by Gasteiger charge is 2.29. The van der Waals surface area contributed by atoms with Crippen molar-refractivity contribution in [2.24, 2.45) is 5.92 Å². The number of pyridine rings is 1. The predicted molar refractivity (Wildman–Crippen MR) is 80.8 cm³/mol. The van der Waals surface area contributed by atoms with E-state index in [1.54, 1.807) is 12.3 Å². The maximum Gasteiger partial charge on any atom is 0.270 e. The first kappa shape index (κ1) is 15.6. The molecular formula is C16H17F2N3O2. The summed E-state index contributed by atoms with van der Waals surface area (Å²) in [6, 6.07) is 3.54. The number of aryl methyl sites for hydroxylation is 1. The zero-order chi connectivity index (χ0) is 16.6. The average Bonchev–Trinajstić information content (AvgIpc) is 2.55. The number of likely N-dealkylation sites (tertiary alicyclic amines) is 1. The molecule has 0 aromatic carbocycles. The third-order valence-electron chi connectivity index (χ3n) is 4.26. The molecule has 0 aliphatic carbocycles. The molecule has 0 radical (unpaired) electrons. The third kappa shape index (κ3) is 2.95. The van der Waals surface area contributed by atoms with Crippen molar-refractivity contribution in [1.29, 1.82) is 0 Å². The molecule has 0 spiro atoms. The lowest BCUT2D eigenvalue weighted by atomic mass is 9.97. The molecule has 1 fully saturated rings. The van der Waals surface area contributed by atoms with Gasteiger partial charge in [0.15, 0.2) is 0 Å². The lowest BCUT2D eigenvalue weighted by Crippen LogP contribution is -2.42. The lowest BCUT2D eigenvalue weighted by molar-refractivity contribution is 0.0310. The van der Waals surface area contributed by atoms with Crippen molar-refractivity contribution in [3.63, 3.8) is 0 Å². The number of rotatable bonds is 2. The van der Waals surface area contributed by atoms with Gasteiger partial charge in [0.05, 0.1) is 0 Å². The van der Waals surface area contributed by atoms with Gasteiger partial charge in [-0.3, -0.25) is 14.0 Å². The molecule has 2 aromatic heterocycles. The summed E-state index contributed by atoms with van der Waals surface area (Å²) in [5.74, 6) is -1.11. The summed E-state index contributed by atoms with van der Waals surface area (Å²) in [5.41, 5.74) is 0.889. The minimum absolute atomic E-state index is 0.0244. The zero-order valence-corrected chi connectivity index (χ0v) is 12.7. The monoisotopic (exact) mass is 321 g/mol. The highest BCUT2D eigenvalue weighted by molar-refractivity contribution is 5.93. The summed E-state index contributed by atoms with van der Waals surface area (Å²) in [7, 11) is 0. The van der Waals surface area contributed by atoms with Crippen LogP contribution in [0.4, 0.5) is 8.78 Å². The minimum Gasteiger partial charge on any atom is -0.338 e. The lowest BCUT2D eigenvalue weighted by Gasteiger charge is -2.31. The van der Waals surface area contributed by atoms with Crippen molar-refractivity contribution in [3.05, 3.63) is 46.0 Å². The standard InChI is InChI=1S/C16H17F2N3O2/c1-10-2-3-13-19-8-12(16(23)21(13)9-10)15(22)20-6-4-11(5-7-20)14(17)18/h2-3,8-9,11,14H,4-7H2,1H3. The first-order chi connectivity index (χ1) is 11.0. The van der Waals surface area contributed by atoms with Gasteiger partial charge in [-0.05, 0) is 31.4 Å². The Kier molecular flexibility index (Phi) is 4.11. The van der Waals surface area contributed by atoms with Crippen LogP contribution in [0.5, 0.6) is 0 Å². The van der Waals surface area contributed by atoms with E-state index in [9.17, 15) is 18.4 Å². The number of amides is 1. The van der Waals surface area contributed by atoms with Gasteiger partial charge in [0.25, 0.3) is 11.5 Å². The summed E-state index contributed by atoms with van der Waals surface area (Å²) in [6.45, 7) is 2.32. The Hall–Kier alpha value is -2.31. The van der Waals surface area contributed by atoms with Crippen LogP contribution in [0.25, 0.3) is 5.65 Å². The van der Waals surface area contributed by atoms with Crippen molar-refractivity contribution in [2.75, 3.05) is 13.1 Å². The molecule has 3 rings (SSSR count). The molecule has 7 heteroatoms. The molecule has 1 aliphatic rings. The van der Waals surface area contributed by atoms with Crippen molar-refractivity contribution in [3.8, 4) is 0 Å². The van der Waals surface area contributed by atoms with E-state index in [1.807, 2.05) is 13.0 Å². The highest BCUT2D eigenvalue weighted by atomic mass is 19.3. The van der Waals surface area contributed by atoms with E-state index >= 15 is 0 Å². The Morgan fingerprint density at radius 3 is 2.65 bits per heavy atom. The van der Waals surface area contributed by atoms with Crippen LogP contribution in [0.3, 0.4) is 0 Å². The molecule has 2 aromatic rings. The second-order valence-electron chi connectivity index (χ2n) is 5.88. The molecule has 1 amide bonds. The fourth-order valence-electron chi connectivity index (χ4n) is 2.85. The number of hydrogen-bond acceptors (Lipinski definition) is 3. The van der Waals surface area contributed by atoms with Crippen molar-refractivity contribution >= 4 is 11.6 Å². The van der Waals surface area contributed by atoms with Crippen LogP contribution in [0, 0.1) is 12.8 Å². The molecule has 0 unspecified atom stereocenters. The summed E-state index contributed by atoms with van der Waals surface area (Å²) in [5, 5.41) is 0. The molecule has 0 N–H and O–H groups in total. The van der Waals surface area contributed by atoms with Gasteiger partial charge in [0, 0.05) is 31.4 Å². The summed E-state index contributed by atoms with van der Waals surface area (Å²) >= 11 is 0. The van der Waals surface area contributed by atoms with Gasteiger partial charge in [-0.25, -0.2) is 13.8 Å². The van der Waals surface area contributed by atoms with Gasteiger partial charge >= 0.3 is 0 Å². The third-order valence-corrected chi connectivity index (χ3v) is 4.26. The number of aromatic nitrogens is 2. The largest absolute Gasteiger partial charge is 0.338 e. The summed E-state index contributed by atoms with van der Waals surface area (Å²) in [4.78, 5) is 30.6. The van der Waals surface area contributed by atoms with Crippen LogP contribution in [0.1, 0.15) is 28.8 Å². The number of carbonyl (C=O) groups is 1. The van der Waals surface area contributed by atoms with Crippen LogP contribution in [-0.4, -0.2) is 39.7 Å². The molecule has 122 valence electrons. The van der Waals surface area contributed by atoms with Crippen molar-refractivity contribution in [1.82, 2.24) is 14.3 Å². The van der Waals surface area contributed by atoms with Gasteiger partial charge in [-0.1, -0.05) is 6.07 Å². The van der Waals surface area contributed by atoms with E-state index in [-0.39, 0.29) is 31.5 Å². The Bertz CT molecular complexity index is 796. The van der Waals surface area contributed by atoms with Crippen molar-refractivity contribution < 1.29 is 13.6 Å². The van der Waals surface area contributed by atoms with Gasteiger partial charge in [-0.15, -0.1) is 0 Å². The molecule has 23 heavy (non-hydrogen) atoms. The number of hydrogen-bond donors (Lipinski definition) is 0. The molecule has 1 aliphatic heterocycles. The smallest absolute Gasteiger partial charge is 0.270 e. The SMILES string of the molecule is Cc1ccc2ncc(C(=O)N3CCC(C(F)F)CC3)c(=O)n2c1. The van der Waals surface area contributed by atoms with E-state index in [4.69, 9.17) is 0 Å². The highest BCUT2D eigenvalue weighted by Crippen LogP contribution is 2.24. The van der Waals surface area contributed by atoms with Gasteiger partial charge in [-0.2, -0.15) is 0 Å². The Morgan fingerprint density at radius 2 is 2.00 bits per heavy atom. The molecule has 5 nitrogen and oxygen atoms in total. The topological polar surface area (TPSA) is 54.7 Å². The van der Waals surface area contributed by atoms with Crippen LogP contribution < -0.4 is 5.56 Å². The Morgan fingerprint density at radius 1 is 1.30 bits per heavy atom.